The number of aromatic nitrogens is 2. The van der Waals surface area contributed by atoms with Crippen LogP contribution in [0.2, 0.25) is 0 Å². The van der Waals surface area contributed by atoms with Gasteiger partial charge in [-0.25, -0.2) is 13.4 Å². The second-order valence-corrected chi connectivity index (χ2v) is 10.2. The van der Waals surface area contributed by atoms with Gasteiger partial charge in [0.1, 0.15) is 5.82 Å². The van der Waals surface area contributed by atoms with Gasteiger partial charge in [-0.15, -0.1) is 0 Å². The first kappa shape index (κ1) is 22.4. The van der Waals surface area contributed by atoms with Crippen LogP contribution in [-0.2, 0) is 10.0 Å². The summed E-state index contributed by atoms with van der Waals surface area (Å²) in [5.41, 5.74) is 5.00. The average Bonchev–Trinajstić information content (AvgIpc) is 2.77. The third kappa shape index (κ3) is 4.53. The number of hydrogen-bond donors (Lipinski definition) is 2. The summed E-state index contributed by atoms with van der Waals surface area (Å²) in [6, 6.07) is 12.4. The van der Waals surface area contributed by atoms with Gasteiger partial charge in [0.25, 0.3) is 0 Å². The zero-order chi connectivity index (χ0) is 22.9. The fraction of sp³-hybridized carbons (Fsp3) is 0.333. The Hall–Kier alpha value is -2.81. The molecule has 0 unspecified atom stereocenters. The van der Waals surface area contributed by atoms with Crippen molar-refractivity contribution >= 4 is 15.8 Å². The second kappa shape index (κ2) is 8.97. The SMILES string of the molecule is Cc1ccc(N[C@@H]2CCN(S(=O)(=O)c3ccc(-c4c(C)ccnc4C)cc3)C[C@@H]2O)nc1. The minimum atomic E-state index is -3.70. The summed E-state index contributed by atoms with van der Waals surface area (Å²) in [4.78, 5) is 8.88. The van der Waals surface area contributed by atoms with Crippen LogP contribution in [0.4, 0.5) is 5.82 Å². The van der Waals surface area contributed by atoms with Crippen molar-refractivity contribution in [1.82, 2.24) is 14.3 Å². The molecule has 8 heteroatoms. The van der Waals surface area contributed by atoms with Gasteiger partial charge in [-0.05, 0) is 68.1 Å². The molecular formula is C24H28N4O3S. The third-order valence-corrected chi connectivity index (χ3v) is 7.80. The van der Waals surface area contributed by atoms with E-state index < -0.39 is 16.1 Å². The quantitative estimate of drug-likeness (QED) is 0.617. The highest BCUT2D eigenvalue weighted by molar-refractivity contribution is 7.89. The van der Waals surface area contributed by atoms with E-state index >= 15 is 0 Å². The predicted molar refractivity (Wildman–Crippen MR) is 125 cm³/mol. The lowest BCUT2D eigenvalue weighted by atomic mass is 10.00. The number of benzene rings is 1. The van der Waals surface area contributed by atoms with Gasteiger partial charge >= 0.3 is 0 Å². The summed E-state index contributed by atoms with van der Waals surface area (Å²) < 4.78 is 27.7. The Morgan fingerprint density at radius 2 is 1.78 bits per heavy atom. The largest absolute Gasteiger partial charge is 0.390 e. The van der Waals surface area contributed by atoms with Crippen LogP contribution in [0, 0.1) is 20.8 Å². The molecule has 2 N–H and O–H groups in total. The molecule has 1 fully saturated rings. The fourth-order valence-corrected chi connectivity index (χ4v) is 5.58. The van der Waals surface area contributed by atoms with Gasteiger partial charge in [0, 0.05) is 36.7 Å². The second-order valence-electron chi connectivity index (χ2n) is 8.30. The van der Waals surface area contributed by atoms with Gasteiger partial charge in [-0.1, -0.05) is 18.2 Å². The van der Waals surface area contributed by atoms with E-state index in [-0.39, 0.29) is 17.5 Å². The molecule has 1 aliphatic heterocycles. The Morgan fingerprint density at radius 3 is 2.41 bits per heavy atom. The van der Waals surface area contributed by atoms with Crippen molar-refractivity contribution in [2.75, 3.05) is 18.4 Å². The van der Waals surface area contributed by atoms with E-state index in [9.17, 15) is 13.5 Å². The van der Waals surface area contributed by atoms with E-state index in [0.29, 0.717) is 18.8 Å². The van der Waals surface area contributed by atoms with Gasteiger partial charge in [0.15, 0.2) is 0 Å². The normalized spacial score (nSPS) is 19.6. The summed E-state index contributed by atoms with van der Waals surface area (Å²) in [6.45, 7) is 6.28. The highest BCUT2D eigenvalue weighted by Gasteiger charge is 2.34. The Bertz CT molecular complexity index is 1170. The van der Waals surface area contributed by atoms with E-state index in [0.717, 1.165) is 27.9 Å². The number of aryl methyl sites for hydroxylation is 3. The summed E-state index contributed by atoms with van der Waals surface area (Å²) in [6.07, 6.45) is 3.18. The maximum atomic E-state index is 13.2. The van der Waals surface area contributed by atoms with Crippen LogP contribution < -0.4 is 5.32 Å². The van der Waals surface area contributed by atoms with Crippen molar-refractivity contribution < 1.29 is 13.5 Å². The van der Waals surface area contributed by atoms with Gasteiger partial charge in [0.2, 0.25) is 10.0 Å². The monoisotopic (exact) mass is 452 g/mol. The number of aliphatic hydroxyl groups excluding tert-OH is 1. The topological polar surface area (TPSA) is 95.4 Å². The third-order valence-electron chi connectivity index (χ3n) is 5.92. The molecule has 2 aromatic heterocycles. The molecule has 3 heterocycles. The van der Waals surface area contributed by atoms with Crippen molar-refractivity contribution in [1.29, 1.82) is 0 Å². The maximum Gasteiger partial charge on any atom is 0.243 e. The lowest BCUT2D eigenvalue weighted by Gasteiger charge is -2.35. The zero-order valence-corrected chi connectivity index (χ0v) is 19.3. The van der Waals surface area contributed by atoms with Crippen LogP contribution >= 0.6 is 0 Å². The van der Waals surface area contributed by atoms with Crippen LogP contribution in [0.5, 0.6) is 0 Å². The Morgan fingerprint density at radius 1 is 1.03 bits per heavy atom. The van der Waals surface area contributed by atoms with Crippen LogP contribution in [0.1, 0.15) is 23.2 Å². The predicted octanol–water partition coefficient (Wildman–Crippen LogP) is 3.30. The summed E-state index contributed by atoms with van der Waals surface area (Å²) in [7, 11) is -3.70. The summed E-state index contributed by atoms with van der Waals surface area (Å²) in [5.74, 6) is 0.674. The van der Waals surface area contributed by atoms with Crippen molar-refractivity contribution in [3.63, 3.8) is 0 Å². The van der Waals surface area contributed by atoms with E-state index in [1.807, 2.05) is 51.1 Å². The lowest BCUT2D eigenvalue weighted by Crippen LogP contribution is -2.51. The van der Waals surface area contributed by atoms with Gasteiger partial charge in [0.05, 0.1) is 17.0 Å². The molecule has 3 aromatic rings. The molecule has 2 atom stereocenters. The molecular weight excluding hydrogens is 424 g/mol. The number of β-amino-alcohol motifs (C(OH)–C–C–N with tert-alkyl or cyclic N) is 1. The number of sulfonamides is 1. The number of pyridine rings is 2. The number of piperidine rings is 1. The molecule has 4 rings (SSSR count). The van der Waals surface area contributed by atoms with Crippen LogP contribution in [0.25, 0.3) is 11.1 Å². The van der Waals surface area contributed by atoms with Crippen LogP contribution in [0.3, 0.4) is 0 Å². The fourth-order valence-electron chi connectivity index (χ4n) is 4.11. The molecule has 0 aliphatic carbocycles. The summed E-state index contributed by atoms with van der Waals surface area (Å²) >= 11 is 0. The smallest absolute Gasteiger partial charge is 0.243 e. The van der Waals surface area contributed by atoms with Crippen LogP contribution in [-0.4, -0.2) is 53.0 Å². The molecule has 1 saturated heterocycles. The minimum Gasteiger partial charge on any atom is -0.390 e. The Balaban J connectivity index is 1.47. The molecule has 0 radical (unpaired) electrons. The minimum absolute atomic E-state index is 0.0361. The van der Waals surface area contributed by atoms with Gasteiger partial charge < -0.3 is 10.4 Å². The molecule has 1 aliphatic rings. The zero-order valence-electron chi connectivity index (χ0n) is 18.5. The molecule has 0 spiro atoms. The van der Waals surface area contributed by atoms with Crippen molar-refractivity contribution in [3.8, 4) is 11.1 Å². The van der Waals surface area contributed by atoms with Crippen LogP contribution in [0.15, 0.2) is 59.8 Å². The van der Waals surface area contributed by atoms with Crippen molar-refractivity contribution in [2.45, 2.75) is 44.2 Å². The molecule has 32 heavy (non-hydrogen) atoms. The first-order valence-corrected chi connectivity index (χ1v) is 12.1. The maximum absolute atomic E-state index is 13.2. The van der Waals surface area contributed by atoms with Crippen molar-refractivity contribution in [2.24, 2.45) is 0 Å². The van der Waals surface area contributed by atoms with Crippen molar-refractivity contribution in [3.05, 3.63) is 71.7 Å². The van der Waals surface area contributed by atoms with Gasteiger partial charge in [-0.2, -0.15) is 4.31 Å². The number of hydrogen-bond acceptors (Lipinski definition) is 6. The molecule has 7 nitrogen and oxygen atoms in total. The first-order chi connectivity index (χ1) is 15.3. The number of nitrogens with one attached hydrogen (secondary N) is 1. The first-order valence-electron chi connectivity index (χ1n) is 10.7. The van der Waals surface area contributed by atoms with E-state index in [1.165, 1.54) is 4.31 Å². The number of nitrogens with zero attached hydrogens (tertiary/aromatic N) is 3. The highest BCUT2D eigenvalue weighted by atomic mass is 32.2. The highest BCUT2D eigenvalue weighted by Crippen LogP contribution is 2.28. The van der Waals surface area contributed by atoms with E-state index in [1.54, 1.807) is 24.5 Å². The number of aliphatic hydroxyl groups is 1. The molecule has 168 valence electrons. The lowest BCUT2D eigenvalue weighted by molar-refractivity contribution is 0.0949. The summed E-state index contributed by atoms with van der Waals surface area (Å²) in [5, 5.41) is 13.8. The number of anilines is 1. The number of rotatable bonds is 5. The molecule has 0 bridgehead atoms. The van der Waals surface area contributed by atoms with E-state index in [4.69, 9.17) is 0 Å². The molecule has 1 aromatic carbocycles. The average molecular weight is 453 g/mol. The Labute approximate surface area is 189 Å². The molecule has 0 amide bonds. The Kier molecular flexibility index (Phi) is 6.28. The van der Waals surface area contributed by atoms with E-state index in [2.05, 4.69) is 15.3 Å². The molecule has 0 saturated carbocycles. The van der Waals surface area contributed by atoms with Gasteiger partial charge in [-0.3, -0.25) is 4.98 Å². The standard InChI is InChI=1S/C24H28N4O3S/c1-16-4-9-23(26-14-16)27-21-11-13-28(15-22(21)29)32(30,31)20-7-5-19(6-8-20)24-17(2)10-12-25-18(24)3/h4-10,12,14,21-22,29H,11,13,15H2,1-3H3,(H,26,27)/t21-,22+/m1/s1.